The van der Waals surface area contributed by atoms with E-state index < -0.39 is 15.2 Å². The van der Waals surface area contributed by atoms with Crippen molar-refractivity contribution < 1.29 is 0 Å². The Labute approximate surface area is 240 Å². The predicted octanol–water partition coefficient (Wildman–Crippen LogP) is 10.4. The summed E-state index contributed by atoms with van der Waals surface area (Å²) in [6.07, 6.45) is 0. The van der Waals surface area contributed by atoms with E-state index in [1.165, 1.54) is 0 Å². The van der Waals surface area contributed by atoms with Gasteiger partial charge in [0.05, 0.1) is 0 Å². The molecule has 0 unspecified atom stereocenters. The van der Waals surface area contributed by atoms with Crippen molar-refractivity contribution in [3.8, 4) is 0 Å². The van der Waals surface area contributed by atoms with Crippen molar-refractivity contribution in [3.63, 3.8) is 0 Å². The summed E-state index contributed by atoms with van der Waals surface area (Å²) < 4.78 is 0. The van der Waals surface area contributed by atoms with Gasteiger partial charge in [-0.15, -0.1) is 0 Å². The van der Waals surface area contributed by atoms with Gasteiger partial charge in [-0.1, -0.05) is 92.8 Å². The summed E-state index contributed by atoms with van der Waals surface area (Å²) in [7, 11) is -2.38. The van der Waals surface area contributed by atoms with Gasteiger partial charge < -0.3 is 0 Å². The first-order valence-electron chi connectivity index (χ1n) is 9.53. The molecule has 34 heavy (non-hydrogen) atoms. The van der Waals surface area contributed by atoms with Crippen LogP contribution in [-0.2, 0) is 0 Å². The van der Waals surface area contributed by atoms with Crippen molar-refractivity contribution in [1.82, 2.24) is 0 Å². The molecule has 0 aliphatic carbocycles. The van der Waals surface area contributed by atoms with Crippen LogP contribution in [0.25, 0.3) is 0 Å². The molecule has 4 aromatic carbocycles. The van der Waals surface area contributed by atoms with Gasteiger partial charge in [0, 0.05) is 40.2 Å². The number of hydrogen-bond donors (Lipinski definition) is 0. The van der Waals surface area contributed by atoms with Crippen LogP contribution < -0.4 is 21.2 Å². The van der Waals surface area contributed by atoms with E-state index in [2.05, 4.69) is 0 Å². The topological polar surface area (TPSA) is 0 Å². The molecule has 0 amide bonds. The summed E-state index contributed by atoms with van der Waals surface area (Å²) in [6, 6.07) is 22.0. The van der Waals surface area contributed by atoms with E-state index in [-0.39, 0.29) is 0 Å². The predicted molar refractivity (Wildman–Crippen MR) is 158 cm³/mol. The molecule has 0 N–H and O–H groups in total. The molecule has 0 aromatic heterocycles. The number of rotatable bonds is 5. The van der Waals surface area contributed by atoms with Gasteiger partial charge in [0.25, 0.3) is 0 Å². The lowest BCUT2D eigenvalue weighted by Crippen LogP contribution is -2.20. The van der Waals surface area contributed by atoms with E-state index in [1.54, 1.807) is 24.3 Å². The molecule has 10 heteroatoms. The normalized spacial score (nSPS) is 11.5. The Kier molecular flexibility index (Phi) is 9.27. The van der Waals surface area contributed by atoms with Crippen LogP contribution >= 0.6 is 108 Å². The Morgan fingerprint density at radius 2 is 0.412 bits per heavy atom. The highest BCUT2D eigenvalue weighted by Crippen LogP contribution is 2.66. The first-order valence-corrected chi connectivity index (χ1v) is 15.9. The standard InChI is InChI=1S/C24H12Cl8P2/c25-13-1-14(26)6-21(5-13)33(22-7-15(27)2-16(28)8-22)34(23-9-17(29)3-18(30)10-23)24-11-19(31)4-20(32)12-24/h1-12H. The quantitative estimate of drug-likeness (QED) is 0.190. The number of benzene rings is 4. The fourth-order valence-electron chi connectivity index (χ4n) is 3.41. The van der Waals surface area contributed by atoms with E-state index in [9.17, 15) is 0 Å². The average Bonchev–Trinajstić information content (AvgIpc) is 2.68. The SMILES string of the molecule is Clc1cc(Cl)cc(P(c2cc(Cl)cc(Cl)c2)P(c2cc(Cl)cc(Cl)c2)c2cc(Cl)cc(Cl)c2)c1. The molecule has 0 aliphatic heterocycles. The van der Waals surface area contributed by atoms with Gasteiger partial charge >= 0.3 is 0 Å². The Hall–Kier alpha value is 0.0600. The van der Waals surface area contributed by atoms with Gasteiger partial charge in [-0.25, -0.2) is 0 Å². The first-order chi connectivity index (χ1) is 16.1. The lowest BCUT2D eigenvalue weighted by molar-refractivity contribution is 1.74. The van der Waals surface area contributed by atoms with Crippen LogP contribution in [0.5, 0.6) is 0 Å². The number of hydrogen-bond acceptors (Lipinski definition) is 0. The van der Waals surface area contributed by atoms with Crippen molar-refractivity contribution >= 4 is 129 Å². The maximum atomic E-state index is 6.44. The fraction of sp³-hybridized carbons (Fsp3) is 0. The minimum atomic E-state index is -1.19. The van der Waals surface area contributed by atoms with Crippen LogP contribution in [-0.4, -0.2) is 0 Å². The summed E-state index contributed by atoms with van der Waals surface area (Å²) in [6.45, 7) is 0. The van der Waals surface area contributed by atoms with Crippen LogP contribution in [0.4, 0.5) is 0 Å². The number of halogens is 8. The molecule has 0 saturated carbocycles. The van der Waals surface area contributed by atoms with Crippen LogP contribution in [0, 0.1) is 0 Å². The molecule has 0 bridgehead atoms. The lowest BCUT2D eigenvalue weighted by Gasteiger charge is -2.31. The van der Waals surface area contributed by atoms with Crippen molar-refractivity contribution in [2.75, 3.05) is 0 Å². The van der Waals surface area contributed by atoms with Crippen molar-refractivity contribution in [3.05, 3.63) is 113 Å². The second-order valence-corrected chi connectivity index (χ2v) is 16.3. The minimum absolute atomic E-state index is 0.520. The van der Waals surface area contributed by atoms with Gasteiger partial charge in [0.2, 0.25) is 0 Å². The Bertz CT molecular complexity index is 1090. The van der Waals surface area contributed by atoms with Crippen LogP contribution in [0.3, 0.4) is 0 Å². The molecule has 0 aliphatic rings. The Balaban J connectivity index is 2.08. The van der Waals surface area contributed by atoms with Gasteiger partial charge in [-0.05, 0) is 109 Å². The highest BCUT2D eigenvalue weighted by Gasteiger charge is 2.30. The van der Waals surface area contributed by atoms with E-state index in [4.69, 9.17) is 92.8 Å². The summed E-state index contributed by atoms with van der Waals surface area (Å²) in [5.41, 5.74) is 0. The fourth-order valence-corrected chi connectivity index (χ4v) is 13.9. The van der Waals surface area contributed by atoms with Gasteiger partial charge in [0.15, 0.2) is 0 Å². The lowest BCUT2D eigenvalue weighted by atomic mass is 10.3. The molecule has 0 heterocycles. The molecule has 4 aromatic rings. The zero-order valence-corrected chi connectivity index (χ0v) is 24.7. The molecule has 174 valence electrons. The second kappa shape index (κ2) is 11.6. The third-order valence-corrected chi connectivity index (χ3v) is 13.7. The van der Waals surface area contributed by atoms with E-state index in [1.807, 2.05) is 48.5 Å². The van der Waals surface area contributed by atoms with Gasteiger partial charge in [-0.2, -0.15) is 0 Å². The zero-order chi connectivity index (χ0) is 24.6. The smallest absolute Gasteiger partial charge is 0.0427 e. The molecule has 0 atom stereocenters. The maximum absolute atomic E-state index is 6.44. The monoisotopic (exact) mass is 642 g/mol. The second-order valence-electron chi connectivity index (χ2n) is 7.13. The molecule has 0 nitrogen and oxygen atoms in total. The highest BCUT2D eigenvalue weighted by atomic mass is 35.5. The molecule has 0 spiro atoms. The summed E-state index contributed by atoms with van der Waals surface area (Å²) in [5, 5.41) is 7.90. The van der Waals surface area contributed by atoms with Crippen LogP contribution in [0.1, 0.15) is 0 Å². The Morgan fingerprint density at radius 1 is 0.265 bits per heavy atom. The van der Waals surface area contributed by atoms with E-state index >= 15 is 0 Å². The van der Waals surface area contributed by atoms with Crippen LogP contribution in [0.2, 0.25) is 40.2 Å². The third kappa shape index (κ3) is 6.68. The highest BCUT2D eigenvalue weighted by molar-refractivity contribution is 8.41. The Morgan fingerprint density at radius 3 is 0.559 bits per heavy atom. The summed E-state index contributed by atoms with van der Waals surface area (Å²) in [4.78, 5) is 0. The zero-order valence-electron chi connectivity index (χ0n) is 16.8. The molecular weight excluding hydrogens is 634 g/mol. The van der Waals surface area contributed by atoms with Gasteiger partial charge in [-0.3, -0.25) is 0 Å². The summed E-state index contributed by atoms with van der Waals surface area (Å²) in [5.74, 6) is 0. The average molecular weight is 646 g/mol. The van der Waals surface area contributed by atoms with Crippen molar-refractivity contribution in [2.24, 2.45) is 0 Å². The van der Waals surface area contributed by atoms with Gasteiger partial charge in [0.1, 0.15) is 0 Å². The molecular formula is C24H12Cl8P2. The third-order valence-electron chi connectivity index (χ3n) is 4.57. The molecule has 0 fully saturated rings. The summed E-state index contributed by atoms with van der Waals surface area (Å²) >= 11 is 51.5. The minimum Gasteiger partial charge on any atom is -0.0843 e. The van der Waals surface area contributed by atoms with Crippen LogP contribution in [0.15, 0.2) is 72.8 Å². The molecule has 0 radical (unpaired) electrons. The molecule has 0 saturated heterocycles. The molecule has 4 rings (SSSR count). The maximum Gasteiger partial charge on any atom is 0.0427 e. The largest absolute Gasteiger partial charge is 0.0843 e. The van der Waals surface area contributed by atoms with E-state index in [0.29, 0.717) is 40.2 Å². The van der Waals surface area contributed by atoms with Crippen molar-refractivity contribution in [1.29, 1.82) is 0 Å². The van der Waals surface area contributed by atoms with Crippen molar-refractivity contribution in [2.45, 2.75) is 0 Å². The first kappa shape index (κ1) is 27.1. The van der Waals surface area contributed by atoms with E-state index in [0.717, 1.165) is 21.2 Å².